The van der Waals surface area contributed by atoms with Gasteiger partial charge in [0.2, 0.25) is 0 Å². The van der Waals surface area contributed by atoms with Crippen molar-refractivity contribution in [2.75, 3.05) is 0 Å². The predicted octanol–water partition coefficient (Wildman–Crippen LogP) is 3.49. The summed E-state index contributed by atoms with van der Waals surface area (Å²) in [6.45, 7) is 10.2. The summed E-state index contributed by atoms with van der Waals surface area (Å²) in [5, 5.41) is 0. The van der Waals surface area contributed by atoms with Gasteiger partial charge in [-0.1, -0.05) is 12.8 Å². The minimum atomic E-state index is -0.673. The van der Waals surface area contributed by atoms with Crippen LogP contribution in [0.4, 0.5) is 0 Å². The van der Waals surface area contributed by atoms with Gasteiger partial charge in [0, 0.05) is 13.0 Å². The van der Waals surface area contributed by atoms with E-state index in [0.29, 0.717) is 24.3 Å². The molecule has 31 heavy (non-hydrogen) atoms. The molecule has 0 radical (unpaired) electrons. The lowest BCUT2D eigenvalue weighted by atomic mass is 10.1. The van der Waals surface area contributed by atoms with E-state index in [9.17, 15) is 14.4 Å². The van der Waals surface area contributed by atoms with E-state index in [0.717, 1.165) is 42.3 Å². The standard InChI is InChI=1S/C23H30N4O4/c1-14-12-16-17(13-15(14)2)27(20-19(24-16)21(29)26-22(30)25-20)11-9-7-6-8-10-18(28)31-23(3,4)5/h12-13H,6-11H2,1-5H3,(H,26,29,30). The highest BCUT2D eigenvalue weighted by atomic mass is 16.6. The molecular weight excluding hydrogens is 396 g/mol. The van der Waals surface area contributed by atoms with Gasteiger partial charge >= 0.3 is 11.7 Å². The van der Waals surface area contributed by atoms with Crippen LogP contribution in [0.25, 0.3) is 22.6 Å². The largest absolute Gasteiger partial charge is 0.460 e. The minimum Gasteiger partial charge on any atom is -0.460 e. The number of aromatic nitrogens is 4. The van der Waals surface area contributed by atoms with E-state index in [1.54, 1.807) is 0 Å². The molecule has 1 aromatic rings. The lowest BCUT2D eigenvalue weighted by Crippen LogP contribution is -2.29. The highest BCUT2D eigenvalue weighted by Crippen LogP contribution is 2.24. The molecule has 0 amide bonds. The highest BCUT2D eigenvalue weighted by molar-refractivity contribution is 5.81. The van der Waals surface area contributed by atoms with Crippen LogP contribution in [-0.2, 0) is 16.1 Å². The first kappa shape index (κ1) is 22.7. The van der Waals surface area contributed by atoms with E-state index in [4.69, 9.17) is 4.74 Å². The Hall–Kier alpha value is -3.03. The Morgan fingerprint density at radius 1 is 1.03 bits per heavy atom. The van der Waals surface area contributed by atoms with Crippen molar-refractivity contribution in [2.45, 2.75) is 78.9 Å². The van der Waals surface area contributed by atoms with Crippen LogP contribution in [0.1, 0.15) is 64.0 Å². The minimum absolute atomic E-state index is 0.167. The average Bonchev–Trinajstić information content (AvgIpc) is 2.64. The lowest BCUT2D eigenvalue weighted by Gasteiger charge is -2.19. The molecule has 0 aliphatic carbocycles. The lowest BCUT2D eigenvalue weighted by molar-refractivity contribution is -0.154. The van der Waals surface area contributed by atoms with Crippen molar-refractivity contribution in [1.29, 1.82) is 0 Å². The van der Waals surface area contributed by atoms with Gasteiger partial charge in [-0.25, -0.2) is 9.78 Å². The molecule has 0 spiro atoms. The number of rotatable bonds is 7. The monoisotopic (exact) mass is 426 g/mol. The molecule has 3 rings (SSSR count). The molecular formula is C23H30N4O4. The van der Waals surface area contributed by atoms with Gasteiger partial charge in [-0.05, 0) is 70.7 Å². The first-order chi connectivity index (χ1) is 14.5. The number of aromatic amines is 1. The summed E-state index contributed by atoms with van der Waals surface area (Å²) < 4.78 is 7.24. The number of carbonyl (C=O) groups is 1. The maximum Gasteiger partial charge on any atom is 0.349 e. The number of nitrogens with one attached hydrogen (secondary N) is 1. The summed E-state index contributed by atoms with van der Waals surface area (Å²) in [5.41, 5.74) is 2.24. The second-order valence-electron chi connectivity index (χ2n) is 8.98. The first-order valence-electron chi connectivity index (χ1n) is 10.7. The molecule has 1 aromatic carbocycles. The van der Waals surface area contributed by atoms with Crippen LogP contribution in [0.3, 0.4) is 0 Å². The number of nitrogens with zero attached hydrogens (tertiary/aromatic N) is 3. The molecule has 0 saturated carbocycles. The van der Waals surface area contributed by atoms with Gasteiger partial charge in [0.25, 0.3) is 5.56 Å². The second kappa shape index (κ2) is 8.99. The molecule has 1 N–H and O–H groups in total. The van der Waals surface area contributed by atoms with Crippen LogP contribution in [0.15, 0.2) is 21.7 Å². The van der Waals surface area contributed by atoms with E-state index >= 15 is 0 Å². The Labute approximate surface area is 181 Å². The Morgan fingerprint density at radius 3 is 2.42 bits per heavy atom. The summed E-state index contributed by atoms with van der Waals surface area (Å²) in [7, 11) is 0. The van der Waals surface area contributed by atoms with Crippen molar-refractivity contribution in [3.63, 3.8) is 0 Å². The Morgan fingerprint density at radius 2 is 1.71 bits per heavy atom. The van der Waals surface area contributed by atoms with Crippen LogP contribution in [0, 0.1) is 13.8 Å². The molecule has 2 aliphatic rings. The van der Waals surface area contributed by atoms with Gasteiger partial charge in [-0.3, -0.25) is 14.6 Å². The van der Waals surface area contributed by atoms with E-state index in [1.165, 1.54) is 0 Å². The van der Waals surface area contributed by atoms with E-state index in [1.807, 2.05) is 51.3 Å². The van der Waals surface area contributed by atoms with Crippen LogP contribution >= 0.6 is 0 Å². The third-order valence-electron chi connectivity index (χ3n) is 5.16. The SMILES string of the molecule is Cc1cc2nc3c(=O)[nH]c(=O)nc-3n(CCCCCCC(=O)OC(C)(C)C)c2cc1C. The maximum atomic E-state index is 12.3. The smallest absolute Gasteiger partial charge is 0.349 e. The number of hydrogen-bond donors (Lipinski definition) is 1. The van der Waals surface area contributed by atoms with Crippen LogP contribution in [-0.4, -0.2) is 31.1 Å². The Kier molecular flexibility index (Phi) is 6.57. The number of H-pyrrole nitrogens is 1. The van der Waals surface area contributed by atoms with Crippen molar-refractivity contribution in [3.8, 4) is 11.5 Å². The fourth-order valence-corrected chi connectivity index (χ4v) is 3.56. The molecule has 2 heterocycles. The van der Waals surface area contributed by atoms with Gasteiger partial charge < -0.3 is 9.30 Å². The van der Waals surface area contributed by atoms with E-state index in [-0.39, 0.29) is 11.7 Å². The van der Waals surface area contributed by atoms with Crippen molar-refractivity contribution in [1.82, 2.24) is 19.5 Å². The summed E-state index contributed by atoms with van der Waals surface area (Å²) in [5.74, 6) is 0.128. The molecule has 2 aliphatic heterocycles. The molecule has 166 valence electrons. The van der Waals surface area contributed by atoms with Gasteiger partial charge in [-0.15, -0.1) is 0 Å². The van der Waals surface area contributed by atoms with Crippen molar-refractivity contribution >= 4 is 17.0 Å². The molecule has 0 aromatic heterocycles. The summed E-state index contributed by atoms with van der Waals surface area (Å²) in [6, 6.07) is 3.97. The van der Waals surface area contributed by atoms with Gasteiger partial charge in [-0.2, -0.15) is 4.98 Å². The number of esters is 1. The second-order valence-corrected chi connectivity index (χ2v) is 8.98. The first-order valence-corrected chi connectivity index (χ1v) is 10.7. The third kappa shape index (κ3) is 5.57. The fourth-order valence-electron chi connectivity index (χ4n) is 3.56. The van der Waals surface area contributed by atoms with Crippen molar-refractivity contribution in [2.24, 2.45) is 0 Å². The van der Waals surface area contributed by atoms with Gasteiger partial charge in [0.05, 0.1) is 11.0 Å². The molecule has 0 saturated heterocycles. The zero-order valence-corrected chi connectivity index (χ0v) is 18.9. The molecule has 0 atom stereocenters. The molecule has 8 nitrogen and oxygen atoms in total. The summed E-state index contributed by atoms with van der Waals surface area (Å²) >= 11 is 0. The maximum absolute atomic E-state index is 12.3. The highest BCUT2D eigenvalue weighted by Gasteiger charge is 2.19. The average molecular weight is 427 g/mol. The normalized spacial score (nSPS) is 11.9. The summed E-state index contributed by atoms with van der Waals surface area (Å²) in [6.07, 6.45) is 3.78. The van der Waals surface area contributed by atoms with Crippen LogP contribution in [0.5, 0.6) is 0 Å². The van der Waals surface area contributed by atoms with Crippen LogP contribution < -0.4 is 11.2 Å². The molecule has 0 bridgehead atoms. The number of carbonyl (C=O) groups excluding carboxylic acids is 1. The molecule has 0 fully saturated rings. The Balaban J connectivity index is 1.76. The quantitative estimate of drug-likeness (QED) is 0.352. The zero-order chi connectivity index (χ0) is 22.8. The topological polar surface area (TPSA) is 107 Å². The number of aryl methyl sites for hydroxylation is 3. The molecule has 0 unspecified atom stereocenters. The predicted molar refractivity (Wildman–Crippen MR) is 119 cm³/mol. The number of hydrogen-bond acceptors (Lipinski definition) is 6. The number of ether oxygens (including phenoxy) is 1. The van der Waals surface area contributed by atoms with Gasteiger partial charge in [0.15, 0.2) is 11.5 Å². The number of benzene rings is 1. The number of fused-ring (bicyclic) bond motifs is 2. The summed E-state index contributed by atoms with van der Waals surface area (Å²) in [4.78, 5) is 46.7. The van der Waals surface area contributed by atoms with Crippen molar-refractivity contribution < 1.29 is 9.53 Å². The van der Waals surface area contributed by atoms with Crippen molar-refractivity contribution in [3.05, 3.63) is 44.1 Å². The van der Waals surface area contributed by atoms with E-state index < -0.39 is 16.9 Å². The molecule has 8 heteroatoms. The van der Waals surface area contributed by atoms with Crippen LogP contribution in [0.2, 0.25) is 0 Å². The van der Waals surface area contributed by atoms with Gasteiger partial charge in [0.1, 0.15) is 5.60 Å². The number of unbranched alkanes of at least 4 members (excludes halogenated alkanes) is 3. The van der Waals surface area contributed by atoms with E-state index in [2.05, 4.69) is 15.0 Å². The Bertz CT molecular complexity index is 1190. The third-order valence-corrected chi connectivity index (χ3v) is 5.16. The fraction of sp³-hybridized carbons (Fsp3) is 0.522. The zero-order valence-electron chi connectivity index (χ0n) is 18.9.